The molecule has 0 saturated heterocycles. The van der Waals surface area contributed by atoms with Gasteiger partial charge in [0.15, 0.2) is 11.5 Å². The topological polar surface area (TPSA) is 66.2 Å². The number of rotatable bonds is 5. The van der Waals surface area contributed by atoms with Crippen molar-refractivity contribution in [1.29, 1.82) is 0 Å². The van der Waals surface area contributed by atoms with Crippen molar-refractivity contribution in [2.75, 3.05) is 14.2 Å². The van der Waals surface area contributed by atoms with Gasteiger partial charge in [-0.25, -0.2) is 9.97 Å². The molecule has 142 valence electrons. The van der Waals surface area contributed by atoms with Gasteiger partial charge in [-0.15, -0.1) is 11.3 Å². The zero-order valence-electron chi connectivity index (χ0n) is 15.2. The number of thiazole rings is 1. The third kappa shape index (κ3) is 3.53. The molecule has 0 N–H and O–H groups in total. The normalized spacial score (nSPS) is 11.0. The second-order valence-electron chi connectivity index (χ2n) is 6.05. The second kappa shape index (κ2) is 7.73. The molecule has 0 fully saturated rings. The molecule has 2 aromatic heterocycles. The molecule has 2 aromatic carbocycles. The van der Waals surface area contributed by atoms with Gasteiger partial charge in [0.1, 0.15) is 5.01 Å². The fraction of sp³-hybridized carbons (Fsp3) is 0.150. The van der Waals surface area contributed by atoms with Gasteiger partial charge in [-0.1, -0.05) is 15.9 Å². The van der Waals surface area contributed by atoms with Crippen LogP contribution >= 0.6 is 27.3 Å². The van der Waals surface area contributed by atoms with E-state index < -0.39 is 0 Å². The number of nitrogens with zero attached hydrogens (tertiary/aromatic N) is 3. The van der Waals surface area contributed by atoms with E-state index in [2.05, 4.69) is 25.9 Å². The first-order valence-corrected chi connectivity index (χ1v) is 10.1. The zero-order valence-corrected chi connectivity index (χ0v) is 17.6. The Hall–Kier alpha value is -2.71. The molecule has 28 heavy (non-hydrogen) atoms. The van der Waals surface area contributed by atoms with Crippen LogP contribution in [0.25, 0.3) is 21.5 Å². The summed E-state index contributed by atoms with van der Waals surface area (Å²) < 4.78 is 13.1. The highest BCUT2D eigenvalue weighted by Crippen LogP contribution is 2.33. The lowest BCUT2D eigenvalue weighted by atomic mass is 10.2. The lowest BCUT2D eigenvalue weighted by Gasteiger charge is -2.08. The Morgan fingerprint density at radius 2 is 1.93 bits per heavy atom. The van der Waals surface area contributed by atoms with Crippen molar-refractivity contribution in [1.82, 2.24) is 14.5 Å². The lowest BCUT2D eigenvalue weighted by Crippen LogP contribution is -2.21. The highest BCUT2D eigenvalue weighted by molar-refractivity contribution is 9.10. The molecule has 0 bridgehead atoms. The Kier molecular flexibility index (Phi) is 5.15. The maximum atomic E-state index is 12.8. The van der Waals surface area contributed by atoms with Crippen LogP contribution in [0.2, 0.25) is 0 Å². The monoisotopic (exact) mass is 457 g/mol. The number of methoxy groups -OCH3 is 2. The van der Waals surface area contributed by atoms with Crippen molar-refractivity contribution in [3.63, 3.8) is 0 Å². The molecule has 0 aliphatic heterocycles. The van der Waals surface area contributed by atoms with Crippen molar-refractivity contribution < 1.29 is 9.47 Å². The molecular weight excluding hydrogens is 442 g/mol. The fourth-order valence-electron chi connectivity index (χ4n) is 2.90. The number of fused-ring (bicyclic) bond motifs is 1. The molecule has 0 spiro atoms. The molecule has 2 heterocycles. The minimum absolute atomic E-state index is 0.0908. The van der Waals surface area contributed by atoms with Crippen LogP contribution in [0, 0.1) is 0 Å². The number of aromatic nitrogens is 3. The molecule has 4 rings (SSSR count). The van der Waals surface area contributed by atoms with Crippen LogP contribution in [0.1, 0.15) is 5.69 Å². The molecular formula is C20H16BrN3O3S. The van der Waals surface area contributed by atoms with E-state index in [1.54, 1.807) is 31.2 Å². The summed E-state index contributed by atoms with van der Waals surface area (Å²) in [6.45, 7) is 0.359. The molecule has 0 aliphatic carbocycles. The number of halogens is 1. The zero-order chi connectivity index (χ0) is 19.7. The summed E-state index contributed by atoms with van der Waals surface area (Å²) in [5.41, 5.74) is 2.32. The molecule has 0 radical (unpaired) electrons. The summed E-state index contributed by atoms with van der Waals surface area (Å²) in [5, 5.41) is 3.37. The average molecular weight is 458 g/mol. The number of ether oxygens (including phenoxy) is 2. The summed E-state index contributed by atoms with van der Waals surface area (Å²) >= 11 is 4.92. The van der Waals surface area contributed by atoms with Crippen LogP contribution < -0.4 is 15.0 Å². The summed E-state index contributed by atoms with van der Waals surface area (Å²) in [6.07, 6.45) is 1.56. The first kappa shape index (κ1) is 18.6. The van der Waals surface area contributed by atoms with Crippen LogP contribution in [0.5, 0.6) is 11.5 Å². The van der Waals surface area contributed by atoms with E-state index in [4.69, 9.17) is 9.47 Å². The molecule has 0 amide bonds. The van der Waals surface area contributed by atoms with Gasteiger partial charge in [0.25, 0.3) is 5.56 Å². The Bertz CT molecular complexity index is 1220. The lowest BCUT2D eigenvalue weighted by molar-refractivity contribution is 0.355. The van der Waals surface area contributed by atoms with E-state index in [1.807, 2.05) is 35.7 Å². The van der Waals surface area contributed by atoms with Gasteiger partial charge in [0, 0.05) is 15.4 Å². The highest BCUT2D eigenvalue weighted by Gasteiger charge is 2.11. The van der Waals surface area contributed by atoms with Crippen molar-refractivity contribution in [2.45, 2.75) is 6.54 Å². The van der Waals surface area contributed by atoms with Gasteiger partial charge in [0.05, 0.1) is 43.7 Å². The van der Waals surface area contributed by atoms with Crippen molar-refractivity contribution >= 4 is 38.2 Å². The molecule has 4 aromatic rings. The van der Waals surface area contributed by atoms with Crippen LogP contribution in [0.15, 0.2) is 57.4 Å². The number of hydrogen-bond acceptors (Lipinski definition) is 6. The molecule has 0 atom stereocenters. The quantitative estimate of drug-likeness (QED) is 0.445. The standard InChI is InChI=1S/C20H16BrN3O3S/c1-26-17-6-3-12(7-18(17)27-2)19-23-14(10-28-19)9-24-11-22-16-5-4-13(21)8-15(16)20(24)25/h3-8,10-11H,9H2,1-2H3. The summed E-state index contributed by atoms with van der Waals surface area (Å²) in [7, 11) is 3.21. The van der Waals surface area contributed by atoms with Crippen molar-refractivity contribution in [3.8, 4) is 22.1 Å². The van der Waals surface area contributed by atoms with Gasteiger partial charge in [-0.2, -0.15) is 0 Å². The summed E-state index contributed by atoms with van der Waals surface area (Å²) in [6, 6.07) is 11.2. The number of hydrogen-bond donors (Lipinski definition) is 0. The predicted molar refractivity (Wildman–Crippen MR) is 113 cm³/mol. The van der Waals surface area contributed by atoms with Gasteiger partial charge in [-0.05, 0) is 36.4 Å². The van der Waals surface area contributed by atoms with E-state index in [0.717, 1.165) is 20.7 Å². The molecule has 6 nitrogen and oxygen atoms in total. The predicted octanol–water partition coefficient (Wildman–Crippen LogP) is 4.35. The van der Waals surface area contributed by atoms with E-state index >= 15 is 0 Å². The van der Waals surface area contributed by atoms with Crippen LogP contribution in [0.3, 0.4) is 0 Å². The Morgan fingerprint density at radius 3 is 2.71 bits per heavy atom. The molecule has 0 unspecified atom stereocenters. The van der Waals surface area contributed by atoms with E-state index in [-0.39, 0.29) is 5.56 Å². The van der Waals surface area contributed by atoms with Crippen molar-refractivity contribution in [3.05, 3.63) is 68.6 Å². The third-order valence-electron chi connectivity index (χ3n) is 4.30. The largest absolute Gasteiger partial charge is 0.493 e. The minimum atomic E-state index is -0.0908. The minimum Gasteiger partial charge on any atom is -0.493 e. The highest BCUT2D eigenvalue weighted by atomic mass is 79.9. The van der Waals surface area contributed by atoms with Crippen LogP contribution in [-0.4, -0.2) is 28.8 Å². The third-order valence-corrected chi connectivity index (χ3v) is 5.73. The second-order valence-corrected chi connectivity index (χ2v) is 7.83. The van der Waals surface area contributed by atoms with E-state index in [1.165, 1.54) is 11.3 Å². The average Bonchev–Trinajstić information content (AvgIpc) is 3.18. The van der Waals surface area contributed by atoms with Gasteiger partial charge < -0.3 is 9.47 Å². The molecule has 8 heteroatoms. The SMILES string of the molecule is COc1ccc(-c2nc(Cn3cnc4ccc(Br)cc4c3=O)cs2)cc1OC. The molecule has 0 aliphatic rings. The van der Waals surface area contributed by atoms with Crippen molar-refractivity contribution in [2.24, 2.45) is 0 Å². The summed E-state index contributed by atoms with van der Waals surface area (Å²) in [5.74, 6) is 1.32. The summed E-state index contributed by atoms with van der Waals surface area (Å²) in [4.78, 5) is 21.8. The first-order chi connectivity index (χ1) is 13.6. The van der Waals surface area contributed by atoms with Crippen LogP contribution in [-0.2, 0) is 6.54 Å². The van der Waals surface area contributed by atoms with E-state index in [9.17, 15) is 4.79 Å². The molecule has 0 saturated carbocycles. The maximum absolute atomic E-state index is 12.8. The Morgan fingerprint density at radius 1 is 1.11 bits per heavy atom. The van der Waals surface area contributed by atoms with Gasteiger partial charge in [0.2, 0.25) is 0 Å². The first-order valence-electron chi connectivity index (χ1n) is 8.40. The van der Waals surface area contributed by atoms with Gasteiger partial charge >= 0.3 is 0 Å². The Labute approximate surface area is 173 Å². The Balaban J connectivity index is 1.65. The van der Waals surface area contributed by atoms with Gasteiger partial charge in [-0.3, -0.25) is 9.36 Å². The fourth-order valence-corrected chi connectivity index (χ4v) is 4.07. The smallest absolute Gasteiger partial charge is 0.261 e. The van der Waals surface area contributed by atoms with Crippen LogP contribution in [0.4, 0.5) is 0 Å². The number of benzene rings is 2. The van der Waals surface area contributed by atoms with E-state index in [0.29, 0.717) is 28.9 Å². The maximum Gasteiger partial charge on any atom is 0.261 e.